The van der Waals surface area contributed by atoms with E-state index in [1.165, 1.54) is 0 Å². The maximum atomic E-state index is 11.9. The van der Waals surface area contributed by atoms with E-state index in [-0.39, 0.29) is 11.2 Å². The van der Waals surface area contributed by atoms with Gasteiger partial charge in [0, 0.05) is 16.7 Å². The number of methoxy groups -OCH3 is 1. The number of carbonyl (C=O) groups excluding carboxylic acids is 1. The van der Waals surface area contributed by atoms with E-state index in [0.717, 1.165) is 28.1 Å². The first kappa shape index (κ1) is 14.8. The number of hydrogen-bond acceptors (Lipinski definition) is 5. The molecule has 24 heavy (non-hydrogen) atoms. The fourth-order valence-electron chi connectivity index (χ4n) is 2.76. The molecule has 0 bridgehead atoms. The molecule has 1 atom stereocenters. The summed E-state index contributed by atoms with van der Waals surface area (Å²) in [6.07, 6.45) is 3.56. The molecule has 0 aliphatic carbocycles. The van der Waals surface area contributed by atoms with Crippen LogP contribution in [-0.4, -0.2) is 39.2 Å². The molecule has 122 valence electrons. The molecule has 0 unspecified atom stereocenters. The first-order chi connectivity index (χ1) is 11.8. The second kappa shape index (κ2) is 6.04. The van der Waals surface area contributed by atoms with E-state index >= 15 is 0 Å². The van der Waals surface area contributed by atoms with Gasteiger partial charge >= 0.3 is 0 Å². The van der Waals surface area contributed by atoms with E-state index in [9.17, 15) is 4.79 Å². The van der Waals surface area contributed by atoms with E-state index in [1.807, 2.05) is 30.5 Å². The van der Waals surface area contributed by atoms with Crippen LogP contribution in [-0.2, 0) is 4.79 Å². The highest BCUT2D eigenvalue weighted by Crippen LogP contribution is 2.43. The first-order valence-corrected chi connectivity index (χ1v) is 8.43. The molecule has 0 radical (unpaired) electrons. The van der Waals surface area contributed by atoms with Crippen molar-refractivity contribution in [1.29, 1.82) is 0 Å². The van der Waals surface area contributed by atoms with Gasteiger partial charge in [0.2, 0.25) is 5.91 Å². The fraction of sp³-hybridized carbons (Fsp3) is 0.188. The number of aromatic amines is 2. The van der Waals surface area contributed by atoms with E-state index in [0.29, 0.717) is 11.6 Å². The number of nitrogens with one attached hydrogen (secondary N) is 3. The van der Waals surface area contributed by atoms with Gasteiger partial charge in [-0.2, -0.15) is 10.2 Å². The normalized spacial score (nSPS) is 17.0. The molecule has 2 aromatic heterocycles. The van der Waals surface area contributed by atoms with Crippen molar-refractivity contribution in [3.63, 3.8) is 0 Å². The highest BCUT2D eigenvalue weighted by molar-refractivity contribution is 8.00. The summed E-state index contributed by atoms with van der Waals surface area (Å²) in [5.41, 5.74) is 3.90. The Hall–Kier alpha value is -2.74. The number of rotatable bonds is 3. The molecule has 8 heteroatoms. The Balaban J connectivity index is 1.76. The first-order valence-electron chi connectivity index (χ1n) is 7.38. The summed E-state index contributed by atoms with van der Waals surface area (Å²) < 4.78 is 5.21. The summed E-state index contributed by atoms with van der Waals surface area (Å²) in [6.45, 7) is 0. The van der Waals surface area contributed by atoms with Crippen LogP contribution in [0.5, 0.6) is 5.75 Å². The maximum Gasteiger partial charge on any atom is 0.235 e. The zero-order chi connectivity index (χ0) is 16.5. The fourth-order valence-corrected chi connectivity index (χ4v) is 3.87. The third-order valence-electron chi connectivity index (χ3n) is 3.93. The topological polar surface area (TPSA) is 95.7 Å². The minimum absolute atomic E-state index is 0.0337. The van der Waals surface area contributed by atoms with Gasteiger partial charge in [0.1, 0.15) is 11.6 Å². The summed E-state index contributed by atoms with van der Waals surface area (Å²) in [5.74, 6) is 1.79. The zero-order valence-corrected chi connectivity index (χ0v) is 13.7. The van der Waals surface area contributed by atoms with Crippen LogP contribution in [0.4, 0.5) is 5.82 Å². The van der Waals surface area contributed by atoms with Crippen LogP contribution in [0, 0.1) is 0 Å². The predicted octanol–water partition coefficient (Wildman–Crippen LogP) is 2.58. The van der Waals surface area contributed by atoms with Gasteiger partial charge < -0.3 is 10.1 Å². The molecule has 0 fully saturated rings. The van der Waals surface area contributed by atoms with E-state index in [2.05, 4.69) is 25.7 Å². The van der Waals surface area contributed by atoms with Crippen molar-refractivity contribution in [3.05, 3.63) is 47.8 Å². The van der Waals surface area contributed by atoms with Crippen molar-refractivity contribution in [1.82, 2.24) is 20.4 Å². The van der Waals surface area contributed by atoms with Crippen molar-refractivity contribution in [3.8, 4) is 17.0 Å². The van der Waals surface area contributed by atoms with Crippen LogP contribution >= 0.6 is 11.8 Å². The molecule has 7 nitrogen and oxygen atoms in total. The summed E-state index contributed by atoms with van der Waals surface area (Å²) >= 11 is 1.56. The number of H-pyrrole nitrogens is 2. The minimum Gasteiger partial charge on any atom is -0.497 e. The van der Waals surface area contributed by atoms with Gasteiger partial charge in [0.05, 0.1) is 36.2 Å². The molecule has 0 spiro atoms. The smallest absolute Gasteiger partial charge is 0.235 e. The van der Waals surface area contributed by atoms with Crippen molar-refractivity contribution in [2.45, 2.75) is 5.25 Å². The van der Waals surface area contributed by atoms with E-state index < -0.39 is 0 Å². The van der Waals surface area contributed by atoms with Crippen LogP contribution in [0.2, 0.25) is 0 Å². The Kier molecular flexibility index (Phi) is 3.73. The molecule has 4 rings (SSSR count). The molecule has 1 amide bonds. The quantitative estimate of drug-likeness (QED) is 0.680. The average Bonchev–Trinajstić information content (AvgIpc) is 3.23. The summed E-state index contributed by atoms with van der Waals surface area (Å²) in [6, 6.07) is 7.79. The van der Waals surface area contributed by atoms with Crippen LogP contribution in [0.3, 0.4) is 0 Å². The SMILES string of the molecule is COc1ccc(-c2[nH]ncc2[C@H]2SCC(=O)Nc3[nH]ncc32)cc1. The largest absolute Gasteiger partial charge is 0.497 e. The van der Waals surface area contributed by atoms with Crippen molar-refractivity contribution < 1.29 is 9.53 Å². The summed E-state index contributed by atoms with van der Waals surface area (Å²) in [5, 5.41) is 17.0. The number of ether oxygens (including phenoxy) is 1. The van der Waals surface area contributed by atoms with Crippen molar-refractivity contribution in [2.75, 3.05) is 18.2 Å². The maximum absolute atomic E-state index is 11.9. The highest BCUT2D eigenvalue weighted by Gasteiger charge is 2.28. The number of nitrogens with zero attached hydrogens (tertiary/aromatic N) is 2. The van der Waals surface area contributed by atoms with Gasteiger partial charge in [0.15, 0.2) is 0 Å². The molecule has 1 aliphatic rings. The number of aromatic nitrogens is 4. The second-order valence-electron chi connectivity index (χ2n) is 5.37. The molecule has 0 saturated carbocycles. The Morgan fingerprint density at radius 1 is 1.12 bits per heavy atom. The van der Waals surface area contributed by atoms with E-state index in [1.54, 1.807) is 25.1 Å². The van der Waals surface area contributed by atoms with Crippen molar-refractivity contribution >= 4 is 23.5 Å². The molecular weight excluding hydrogens is 326 g/mol. The third-order valence-corrected chi connectivity index (χ3v) is 5.20. The number of hydrogen-bond donors (Lipinski definition) is 3. The molecular formula is C16H15N5O2S. The van der Waals surface area contributed by atoms with Crippen LogP contribution in [0.25, 0.3) is 11.3 Å². The number of amides is 1. The molecule has 3 aromatic rings. The zero-order valence-electron chi connectivity index (χ0n) is 12.9. The van der Waals surface area contributed by atoms with Gasteiger partial charge in [-0.05, 0) is 24.3 Å². The van der Waals surface area contributed by atoms with Gasteiger partial charge in [-0.1, -0.05) is 0 Å². The minimum atomic E-state index is -0.0394. The summed E-state index contributed by atoms with van der Waals surface area (Å²) in [7, 11) is 1.64. The Labute approximate surface area is 142 Å². The Bertz CT molecular complexity index is 871. The number of carbonyl (C=O) groups is 1. The lowest BCUT2D eigenvalue weighted by Crippen LogP contribution is -2.12. The van der Waals surface area contributed by atoms with E-state index in [4.69, 9.17) is 4.74 Å². The number of anilines is 1. The van der Waals surface area contributed by atoms with Crippen LogP contribution in [0.1, 0.15) is 16.4 Å². The average molecular weight is 341 g/mol. The lowest BCUT2D eigenvalue weighted by atomic mass is 10.0. The van der Waals surface area contributed by atoms with Gasteiger partial charge in [-0.25, -0.2) is 0 Å². The van der Waals surface area contributed by atoms with Crippen LogP contribution < -0.4 is 10.1 Å². The lowest BCUT2D eigenvalue weighted by molar-refractivity contribution is -0.113. The van der Waals surface area contributed by atoms with Gasteiger partial charge in [-0.3, -0.25) is 15.0 Å². The molecule has 0 saturated heterocycles. The van der Waals surface area contributed by atoms with Gasteiger partial charge in [-0.15, -0.1) is 11.8 Å². The Morgan fingerprint density at radius 2 is 1.88 bits per heavy atom. The third kappa shape index (κ3) is 2.54. The lowest BCUT2D eigenvalue weighted by Gasteiger charge is -2.14. The number of fused-ring (bicyclic) bond motifs is 1. The van der Waals surface area contributed by atoms with Gasteiger partial charge in [0.25, 0.3) is 0 Å². The predicted molar refractivity (Wildman–Crippen MR) is 92.1 cm³/mol. The second-order valence-corrected chi connectivity index (χ2v) is 6.46. The monoisotopic (exact) mass is 341 g/mol. The highest BCUT2D eigenvalue weighted by atomic mass is 32.2. The summed E-state index contributed by atoms with van der Waals surface area (Å²) in [4.78, 5) is 11.9. The van der Waals surface area contributed by atoms with Crippen LogP contribution in [0.15, 0.2) is 36.7 Å². The molecule has 3 N–H and O–H groups in total. The number of thioether (sulfide) groups is 1. The standard InChI is InChI=1S/C16H15N5O2S/c1-23-10-4-2-9(3-5-10)14-11(6-17-20-14)15-12-7-18-21-16(12)19-13(22)8-24-15/h2-7,15H,8H2,1H3,(H,17,20)(H2,18,19,21,22)/t15-/m1/s1. The molecule has 3 heterocycles. The Morgan fingerprint density at radius 3 is 2.67 bits per heavy atom. The van der Waals surface area contributed by atoms with Crippen molar-refractivity contribution in [2.24, 2.45) is 0 Å². The number of benzene rings is 1. The molecule has 1 aliphatic heterocycles. The molecule has 1 aromatic carbocycles.